The van der Waals surface area contributed by atoms with Crippen molar-refractivity contribution in [2.75, 3.05) is 0 Å². The maximum Gasteiger partial charge on any atom is 3.00 e. The van der Waals surface area contributed by atoms with Crippen LogP contribution in [0.1, 0.15) is 0 Å². The van der Waals surface area contributed by atoms with E-state index in [1.54, 1.807) is 0 Å². The van der Waals surface area contributed by atoms with Gasteiger partial charge in [-0.2, -0.15) is 0 Å². The van der Waals surface area contributed by atoms with Crippen molar-refractivity contribution in [3.63, 3.8) is 0 Å². The largest absolute Gasteiger partial charge is 3.00 e. The topological polar surface area (TPSA) is 652 Å². The van der Waals surface area contributed by atoms with Crippen LogP contribution in [0, 0.1) is 61.3 Å². The molecule has 0 aliphatic heterocycles. The van der Waals surface area contributed by atoms with Crippen LogP contribution in [0.4, 0.5) is 0 Å². The average Bonchev–Trinajstić information content (AvgIpc) is 1.76. The van der Waals surface area contributed by atoms with Gasteiger partial charge in [-0.3, -0.25) is 0 Å². The van der Waals surface area contributed by atoms with Gasteiger partial charge in [0.2, 0.25) is 0 Å². The summed E-state index contributed by atoms with van der Waals surface area (Å²) < 4.78 is 0. The van der Waals surface area contributed by atoms with Crippen molar-refractivity contribution >= 4 is 0 Å². The van der Waals surface area contributed by atoms with Crippen LogP contribution in [0.3, 0.4) is 0 Å². The minimum Gasteiger partial charge on any atom is -0.870 e. The van der Waals surface area contributed by atoms with Crippen LogP contribution < -0.4 is 0 Å². The number of nitrogens with two attached hydrogens (primary N) is 6. The summed E-state index contributed by atoms with van der Waals surface area (Å²) in [5.74, 6) is 0. The first-order valence-corrected chi connectivity index (χ1v) is 2.19. The van der Waals surface area contributed by atoms with Crippen LogP contribution in [-0.4, -0.2) is 53.2 Å². The summed E-state index contributed by atoms with van der Waals surface area (Å²) in [6, 6.07) is 0. The second kappa shape index (κ2) is 194. The molecule has 0 aromatic heterocycles. The number of rotatable bonds is 0. The molecule has 0 saturated heterocycles. The molecule has 0 bridgehead atoms. The third-order valence-corrected chi connectivity index (χ3v) is 0. The van der Waals surface area contributed by atoms with Crippen molar-refractivity contribution in [3.8, 4) is 0 Å². The molecule has 0 aromatic rings. The molecule has 0 aliphatic rings. The third-order valence-electron chi connectivity index (χ3n) is 0. The minimum absolute atomic E-state index is 0. The van der Waals surface area contributed by atoms with E-state index in [1.165, 1.54) is 0 Å². The fourth-order valence-corrected chi connectivity index (χ4v) is 0. The molecule has 0 heterocycles. The van der Waals surface area contributed by atoms with Crippen LogP contribution in [-0.2, 0) is 33.6 Å². The molecule has 0 rings (SSSR count). The standard InChI is InChI=1S/2Co.4NO3.6H2N.6H2O/c;;4*2-1(3)4;;;;;;;;;;;;/h;;;;;;12*1H2/q2*+3;10*-1;;;;;;/p-2. The first-order valence-electron chi connectivity index (χ1n) is 2.19. The van der Waals surface area contributed by atoms with Crippen LogP contribution >= 0.6 is 0 Å². The summed E-state index contributed by atoms with van der Waals surface area (Å²) in [4.78, 5) is 33.0. The number of nitrogens with zero attached hydrogens (tertiary/aromatic N) is 4. The van der Waals surface area contributed by atoms with Crippen LogP contribution in [0.5, 0.6) is 0 Å². The van der Waals surface area contributed by atoms with Crippen molar-refractivity contribution in [3.05, 3.63) is 98.2 Å². The van der Waals surface area contributed by atoms with Gasteiger partial charge in [0.05, 0.1) is 20.3 Å². The number of hydrogen-bond donors (Lipinski definition) is 0. The normalized spacial score (nSPS) is 3.20. The van der Waals surface area contributed by atoms with Gasteiger partial charge in [0.25, 0.3) is 0 Å². The van der Waals surface area contributed by atoms with Crippen molar-refractivity contribution in [2.24, 2.45) is 0 Å². The Morgan fingerprint density at radius 2 is 0.333 bits per heavy atom. The summed E-state index contributed by atoms with van der Waals surface area (Å²) in [6.45, 7) is 0. The summed E-state index contributed by atoms with van der Waals surface area (Å²) in [5.41, 5.74) is 0. The summed E-state index contributed by atoms with van der Waals surface area (Å²) in [5, 5.41) is 59.0. The van der Waals surface area contributed by atoms with E-state index in [0.29, 0.717) is 0 Å². The molecule has 30 heavy (non-hydrogen) atoms. The quantitative estimate of drug-likeness (QED) is 0.267. The first-order chi connectivity index (χ1) is 6.93. The van der Waals surface area contributed by atoms with Crippen molar-refractivity contribution in [1.82, 2.24) is 0 Å². The Labute approximate surface area is 185 Å². The molecule has 0 spiro atoms. The minimum atomic E-state index is -1.75. The molecule has 0 radical (unpaired) electrons. The molecule has 0 fully saturated rings. The van der Waals surface area contributed by atoms with E-state index in [2.05, 4.69) is 0 Å². The van der Waals surface area contributed by atoms with Gasteiger partial charge >= 0.3 is 33.6 Å². The predicted molar refractivity (Wildman–Crippen MR) is 91.5 cm³/mol. The molecule has 22 N–H and O–H groups in total. The van der Waals surface area contributed by atoms with Gasteiger partial charge in [-0.1, -0.05) is 0 Å². The maximum absolute atomic E-state index is 8.25. The van der Waals surface area contributed by atoms with Crippen LogP contribution in [0.25, 0.3) is 36.9 Å². The van der Waals surface area contributed by atoms with Crippen molar-refractivity contribution < 1.29 is 86.8 Å². The van der Waals surface area contributed by atoms with Gasteiger partial charge in [0.15, 0.2) is 0 Å². The van der Waals surface area contributed by atoms with Crippen molar-refractivity contribution in [2.45, 2.75) is 0 Å². The smallest absolute Gasteiger partial charge is 0.870 e. The summed E-state index contributed by atoms with van der Waals surface area (Å²) in [7, 11) is 0. The fraction of sp³-hybridized carbons (Fsp3) is 0. The van der Waals surface area contributed by atoms with Gasteiger partial charge in [0.1, 0.15) is 0 Å². The molecule has 0 amide bonds. The number of hydrogen-bond acceptors (Lipinski definition) is 14. The molecule has 204 valence electrons. The molecule has 30 heteroatoms. The van der Waals surface area contributed by atoms with Crippen LogP contribution in [0.2, 0.25) is 0 Å². The zero-order chi connectivity index (χ0) is 14.3. The van der Waals surface area contributed by atoms with E-state index in [-0.39, 0.29) is 103 Å². The molecule has 0 aliphatic carbocycles. The van der Waals surface area contributed by atoms with E-state index >= 15 is 0 Å². The van der Waals surface area contributed by atoms with Gasteiger partial charge in [-0.25, -0.2) is 0 Å². The van der Waals surface area contributed by atoms with Gasteiger partial charge in [-0.15, -0.1) is 0 Å². The maximum atomic E-state index is 8.25. The summed E-state index contributed by atoms with van der Waals surface area (Å²) in [6.07, 6.45) is 0. The summed E-state index contributed by atoms with van der Waals surface area (Å²) >= 11 is 0. The fourth-order valence-electron chi connectivity index (χ4n) is 0. The first kappa shape index (κ1) is 218. The Morgan fingerprint density at radius 1 is 0.333 bits per heavy atom. The second-order valence-corrected chi connectivity index (χ2v) is 0.894. The molecule has 0 atom stereocenters. The SMILES string of the molecule is O.O.O.O.O=[N+]([O-])[O-].O=[N+]([O-])[O-].O=[N+]([O-])[O-].O=[N+]([O-])[O-].[Co+3].[Co+3].[NH2-].[NH2-].[NH2-].[NH2-].[NH2-].[NH2-].[OH-].[OH-]. The molecule has 0 unspecified atom stereocenters. The van der Waals surface area contributed by atoms with E-state index in [0.717, 1.165) is 0 Å². The Bertz CT molecular complexity index is 177. The predicted octanol–water partition coefficient (Wildman–Crippen LogP) is -0.311. The van der Waals surface area contributed by atoms with Gasteiger partial charge < -0.3 is 131 Å². The molecular formula is H22Co2N10O18-6. The van der Waals surface area contributed by atoms with E-state index in [1.807, 2.05) is 0 Å². The van der Waals surface area contributed by atoms with E-state index in [9.17, 15) is 0 Å². The average molecular weight is 568 g/mol. The van der Waals surface area contributed by atoms with Gasteiger partial charge in [-0.05, 0) is 0 Å². The molecule has 0 aromatic carbocycles. The zero-order valence-electron chi connectivity index (χ0n) is 13.7. The Balaban J connectivity index is -0.00000000346. The third kappa shape index (κ3) is 2110. The Hall–Kier alpha value is -2.67. The van der Waals surface area contributed by atoms with E-state index in [4.69, 9.17) is 61.3 Å². The second-order valence-electron chi connectivity index (χ2n) is 0.894. The Kier molecular flexibility index (Phi) is 1410. The zero-order valence-corrected chi connectivity index (χ0v) is 15.8. The molecular weight excluding hydrogens is 546 g/mol. The molecule has 0 saturated carbocycles. The Morgan fingerprint density at radius 3 is 0.333 bits per heavy atom. The molecule has 28 nitrogen and oxygen atoms in total. The van der Waals surface area contributed by atoms with E-state index < -0.39 is 20.3 Å². The van der Waals surface area contributed by atoms with Crippen LogP contribution in [0.15, 0.2) is 0 Å². The van der Waals surface area contributed by atoms with Crippen molar-refractivity contribution in [1.29, 1.82) is 0 Å². The monoisotopic (exact) mass is 568 g/mol. The van der Waals surface area contributed by atoms with Gasteiger partial charge in [0, 0.05) is 0 Å².